The third kappa shape index (κ3) is 4.18. The van der Waals surface area contributed by atoms with E-state index < -0.39 is 5.97 Å². The van der Waals surface area contributed by atoms with Crippen LogP contribution in [-0.4, -0.2) is 27.5 Å². The monoisotopic (exact) mass is 260 g/mol. The first-order chi connectivity index (χ1) is 7.95. The minimum Gasteiger partial charge on any atom is -0.481 e. The van der Waals surface area contributed by atoms with Crippen molar-refractivity contribution in [3.63, 3.8) is 0 Å². The van der Waals surface area contributed by atoms with Crippen molar-refractivity contribution < 1.29 is 15.0 Å². The summed E-state index contributed by atoms with van der Waals surface area (Å²) >= 11 is 3.79. The summed E-state index contributed by atoms with van der Waals surface area (Å²) in [6.07, 6.45) is 7.01. The molecule has 4 heteroatoms. The van der Waals surface area contributed by atoms with E-state index in [1.807, 2.05) is 6.92 Å². The molecule has 0 spiro atoms. The van der Waals surface area contributed by atoms with Crippen molar-refractivity contribution in [1.29, 1.82) is 0 Å². The quantitative estimate of drug-likeness (QED) is 0.681. The Morgan fingerprint density at radius 3 is 2.18 bits per heavy atom. The van der Waals surface area contributed by atoms with Gasteiger partial charge in [0.15, 0.2) is 0 Å². The molecule has 2 aliphatic carbocycles. The Bertz CT molecular complexity index is 257. The number of carboxylic acid groups (broad SMARTS) is 1. The molecule has 2 N–H and O–H groups in total. The zero-order chi connectivity index (χ0) is 12.9. The summed E-state index contributed by atoms with van der Waals surface area (Å²) in [5.41, 5.74) is -0.0899. The molecule has 0 saturated heterocycles. The fraction of sp³-hybridized carbons (Fsp3) is 0.923. The van der Waals surface area contributed by atoms with Crippen LogP contribution >= 0.6 is 12.6 Å². The first-order valence-corrected chi connectivity index (χ1v) is 7.14. The summed E-state index contributed by atoms with van der Waals surface area (Å²) in [4.78, 5) is 10.4. The lowest BCUT2D eigenvalue weighted by atomic mass is 9.80. The molecule has 2 saturated carbocycles. The Morgan fingerprint density at radius 1 is 1.29 bits per heavy atom. The number of carbonyl (C=O) groups is 1. The molecular weight excluding hydrogens is 236 g/mol. The first-order valence-electron chi connectivity index (χ1n) is 6.50. The van der Waals surface area contributed by atoms with E-state index in [2.05, 4.69) is 12.6 Å². The molecule has 2 bridgehead atoms. The molecule has 17 heavy (non-hydrogen) atoms. The van der Waals surface area contributed by atoms with Gasteiger partial charge in [-0.1, -0.05) is 6.92 Å². The lowest BCUT2D eigenvalue weighted by Gasteiger charge is -2.25. The maximum atomic E-state index is 10.4. The average molecular weight is 260 g/mol. The van der Waals surface area contributed by atoms with Crippen molar-refractivity contribution >= 4 is 18.6 Å². The SMILES string of the molecule is CCS.O=C(O)CCCC12CCC(O)(CC1)C2. The van der Waals surface area contributed by atoms with Gasteiger partial charge >= 0.3 is 5.97 Å². The van der Waals surface area contributed by atoms with Crippen LogP contribution in [0.15, 0.2) is 0 Å². The minimum absolute atomic E-state index is 0.278. The summed E-state index contributed by atoms with van der Waals surface area (Å²) in [7, 11) is 0. The molecule has 0 aliphatic heterocycles. The van der Waals surface area contributed by atoms with Crippen molar-refractivity contribution in [1.82, 2.24) is 0 Å². The van der Waals surface area contributed by atoms with Crippen molar-refractivity contribution in [3.05, 3.63) is 0 Å². The molecule has 0 radical (unpaired) electrons. The summed E-state index contributed by atoms with van der Waals surface area (Å²) in [5.74, 6) is 0.243. The van der Waals surface area contributed by atoms with E-state index in [0.717, 1.165) is 50.7 Å². The third-order valence-electron chi connectivity index (χ3n) is 4.04. The molecule has 2 rings (SSSR count). The van der Waals surface area contributed by atoms with Gasteiger partial charge in [-0.15, -0.1) is 0 Å². The smallest absolute Gasteiger partial charge is 0.303 e. The van der Waals surface area contributed by atoms with Crippen LogP contribution in [0.25, 0.3) is 0 Å². The van der Waals surface area contributed by atoms with Crippen LogP contribution in [0.5, 0.6) is 0 Å². The molecular formula is C13H24O3S. The molecule has 0 unspecified atom stereocenters. The van der Waals surface area contributed by atoms with Crippen LogP contribution in [-0.2, 0) is 4.79 Å². The molecule has 0 aromatic rings. The number of hydrogen-bond acceptors (Lipinski definition) is 3. The second kappa shape index (κ2) is 6.10. The number of rotatable bonds is 4. The van der Waals surface area contributed by atoms with Crippen molar-refractivity contribution in [3.8, 4) is 0 Å². The Kier molecular flexibility index (Phi) is 5.32. The number of hydrogen-bond donors (Lipinski definition) is 3. The van der Waals surface area contributed by atoms with Crippen molar-refractivity contribution in [2.24, 2.45) is 5.41 Å². The highest BCUT2D eigenvalue weighted by Gasteiger charge is 2.52. The fourth-order valence-electron chi connectivity index (χ4n) is 3.25. The van der Waals surface area contributed by atoms with Crippen LogP contribution in [0.4, 0.5) is 0 Å². The Morgan fingerprint density at radius 2 is 1.82 bits per heavy atom. The Balaban J connectivity index is 0.000000437. The van der Waals surface area contributed by atoms with Gasteiger partial charge in [-0.25, -0.2) is 0 Å². The minimum atomic E-state index is -0.701. The number of aliphatic hydroxyl groups is 1. The summed E-state index contributed by atoms with van der Waals surface area (Å²) in [6, 6.07) is 0. The van der Waals surface area contributed by atoms with Crippen LogP contribution in [0, 0.1) is 5.41 Å². The van der Waals surface area contributed by atoms with E-state index in [9.17, 15) is 9.90 Å². The maximum absolute atomic E-state index is 10.4. The second-order valence-electron chi connectivity index (χ2n) is 5.46. The highest BCUT2D eigenvalue weighted by Crippen LogP contribution is 2.58. The third-order valence-corrected chi connectivity index (χ3v) is 4.04. The highest BCUT2D eigenvalue weighted by atomic mass is 32.1. The highest BCUT2D eigenvalue weighted by molar-refractivity contribution is 7.80. The summed E-state index contributed by atoms with van der Waals surface area (Å²) in [6.45, 7) is 1.99. The van der Waals surface area contributed by atoms with Gasteiger partial charge in [0.2, 0.25) is 0 Å². The lowest BCUT2D eigenvalue weighted by Crippen LogP contribution is -2.20. The summed E-state index contributed by atoms with van der Waals surface area (Å²) in [5, 5.41) is 18.6. The average Bonchev–Trinajstić information content (AvgIpc) is 2.72. The zero-order valence-corrected chi connectivity index (χ0v) is 11.5. The maximum Gasteiger partial charge on any atom is 0.303 e. The molecule has 0 atom stereocenters. The summed E-state index contributed by atoms with van der Waals surface area (Å²) < 4.78 is 0. The van der Waals surface area contributed by atoms with E-state index >= 15 is 0 Å². The topological polar surface area (TPSA) is 57.5 Å². The molecule has 0 aromatic heterocycles. The molecule has 100 valence electrons. The van der Waals surface area contributed by atoms with Gasteiger partial charge in [0.1, 0.15) is 0 Å². The van der Waals surface area contributed by atoms with Gasteiger partial charge in [-0.2, -0.15) is 12.6 Å². The number of carboxylic acids is 1. The number of aliphatic carboxylic acids is 1. The molecule has 3 nitrogen and oxygen atoms in total. The Labute approximate surface area is 109 Å². The molecule has 0 heterocycles. The largest absolute Gasteiger partial charge is 0.481 e. The van der Waals surface area contributed by atoms with E-state index in [0.29, 0.717) is 5.41 Å². The van der Waals surface area contributed by atoms with Gasteiger partial charge in [0, 0.05) is 6.42 Å². The van der Waals surface area contributed by atoms with Crippen LogP contribution in [0.3, 0.4) is 0 Å². The number of thiol groups is 1. The molecule has 0 aromatic carbocycles. The van der Waals surface area contributed by atoms with Crippen molar-refractivity contribution in [2.45, 2.75) is 63.9 Å². The van der Waals surface area contributed by atoms with Crippen LogP contribution < -0.4 is 0 Å². The van der Waals surface area contributed by atoms with Gasteiger partial charge in [0.25, 0.3) is 0 Å². The molecule has 2 fully saturated rings. The fourth-order valence-corrected chi connectivity index (χ4v) is 3.25. The van der Waals surface area contributed by atoms with E-state index in [4.69, 9.17) is 5.11 Å². The van der Waals surface area contributed by atoms with E-state index in [1.165, 1.54) is 0 Å². The standard InChI is InChI=1S/C11H18O3.C2H6S/c12-9(13)2-1-3-10-4-6-11(14,8-10)7-5-10;1-2-3/h14H,1-8H2,(H,12,13);3H,2H2,1H3. The van der Waals surface area contributed by atoms with E-state index in [-0.39, 0.29) is 12.0 Å². The zero-order valence-electron chi connectivity index (χ0n) is 10.6. The molecule has 0 amide bonds. The van der Waals surface area contributed by atoms with Gasteiger partial charge in [-0.3, -0.25) is 4.79 Å². The Hall–Kier alpha value is -0.220. The van der Waals surface area contributed by atoms with Crippen LogP contribution in [0.2, 0.25) is 0 Å². The van der Waals surface area contributed by atoms with Gasteiger partial charge in [0.05, 0.1) is 5.60 Å². The van der Waals surface area contributed by atoms with Crippen LogP contribution in [0.1, 0.15) is 58.3 Å². The predicted molar refractivity (Wildman–Crippen MR) is 71.5 cm³/mol. The predicted octanol–water partition coefficient (Wildman–Crippen LogP) is 2.87. The molecule has 2 aliphatic rings. The number of fused-ring (bicyclic) bond motifs is 2. The normalized spacial score (nSPS) is 34.3. The van der Waals surface area contributed by atoms with Gasteiger partial charge in [-0.05, 0) is 56.1 Å². The lowest BCUT2D eigenvalue weighted by molar-refractivity contribution is -0.137. The van der Waals surface area contributed by atoms with Crippen molar-refractivity contribution in [2.75, 3.05) is 5.75 Å². The van der Waals surface area contributed by atoms with Gasteiger partial charge < -0.3 is 10.2 Å². The second-order valence-corrected chi connectivity index (χ2v) is 6.10. The van der Waals surface area contributed by atoms with E-state index in [1.54, 1.807) is 0 Å². The first kappa shape index (κ1) is 14.8.